The average Bonchev–Trinajstić information content (AvgIpc) is 2.60. The molecule has 1 aromatic rings. The molecule has 2 atom stereocenters. The molecule has 1 aliphatic rings. The average molecular weight is 201 g/mol. The molecule has 0 saturated carbocycles. The fourth-order valence-electron chi connectivity index (χ4n) is 2.42. The van der Waals surface area contributed by atoms with Crippen LogP contribution in [0, 0.1) is 5.92 Å². The highest BCUT2D eigenvalue weighted by Gasteiger charge is 2.26. The number of rotatable bonds is 3. The maximum Gasteiger partial charge on any atom is 0.0282 e. The molecule has 2 rings (SSSR count). The zero-order valence-corrected chi connectivity index (χ0v) is 9.39. The van der Waals surface area contributed by atoms with Gasteiger partial charge in [0.05, 0.1) is 0 Å². The Morgan fingerprint density at radius 3 is 2.80 bits per heavy atom. The molecule has 0 bridgehead atoms. The van der Waals surface area contributed by atoms with Gasteiger partial charge in [-0.05, 0) is 17.9 Å². The predicted molar refractivity (Wildman–Crippen MR) is 64.6 cm³/mol. The van der Waals surface area contributed by atoms with Gasteiger partial charge in [-0.25, -0.2) is 0 Å². The molecule has 0 aromatic heterocycles. The van der Waals surface area contributed by atoms with E-state index in [0.29, 0.717) is 6.04 Å². The fraction of sp³-hybridized carbons (Fsp3) is 0.429. The monoisotopic (exact) mass is 201 g/mol. The van der Waals surface area contributed by atoms with Crippen molar-refractivity contribution in [3.05, 3.63) is 48.6 Å². The third kappa shape index (κ3) is 2.48. The van der Waals surface area contributed by atoms with Gasteiger partial charge in [0.2, 0.25) is 0 Å². The maximum atomic E-state index is 3.93. The van der Waals surface area contributed by atoms with Crippen molar-refractivity contribution in [1.29, 1.82) is 0 Å². The number of hydrogen-bond acceptors (Lipinski definition) is 1. The summed E-state index contributed by atoms with van der Waals surface area (Å²) in [7, 11) is 0. The normalized spacial score (nSPS) is 26.7. The molecular weight excluding hydrogens is 182 g/mol. The van der Waals surface area contributed by atoms with Crippen LogP contribution in [-0.2, 0) is 6.54 Å². The third-order valence-electron chi connectivity index (χ3n) is 3.16. The predicted octanol–water partition coefficient (Wildman–Crippen LogP) is 3.08. The molecule has 1 saturated heterocycles. The highest BCUT2D eigenvalue weighted by Crippen LogP contribution is 2.25. The Hall–Kier alpha value is -1.08. The number of likely N-dealkylation sites (tertiary alicyclic amines) is 1. The van der Waals surface area contributed by atoms with Crippen LogP contribution in [0.4, 0.5) is 0 Å². The zero-order valence-electron chi connectivity index (χ0n) is 9.39. The van der Waals surface area contributed by atoms with Gasteiger partial charge < -0.3 is 0 Å². The second-order valence-corrected chi connectivity index (χ2v) is 4.56. The summed E-state index contributed by atoms with van der Waals surface area (Å²) in [5.41, 5.74) is 1.40. The SMILES string of the molecule is C=C[C@H]1C[C@@H](C)CN1Cc1ccccc1. The lowest BCUT2D eigenvalue weighted by atomic mass is 10.1. The lowest BCUT2D eigenvalue weighted by Crippen LogP contribution is -2.27. The lowest BCUT2D eigenvalue weighted by Gasteiger charge is -2.21. The molecule has 1 fully saturated rings. The molecular formula is C14H19N. The van der Waals surface area contributed by atoms with E-state index in [-0.39, 0.29) is 0 Å². The first kappa shape index (κ1) is 10.4. The van der Waals surface area contributed by atoms with Crippen LogP contribution in [-0.4, -0.2) is 17.5 Å². The van der Waals surface area contributed by atoms with Crippen molar-refractivity contribution in [3.63, 3.8) is 0 Å². The molecule has 1 heterocycles. The quantitative estimate of drug-likeness (QED) is 0.679. The minimum Gasteiger partial charge on any atom is -0.292 e. The summed E-state index contributed by atoms with van der Waals surface area (Å²) in [6.07, 6.45) is 3.35. The van der Waals surface area contributed by atoms with Crippen LogP contribution in [0.5, 0.6) is 0 Å². The third-order valence-corrected chi connectivity index (χ3v) is 3.16. The van der Waals surface area contributed by atoms with Gasteiger partial charge in [0.1, 0.15) is 0 Å². The van der Waals surface area contributed by atoms with Crippen molar-refractivity contribution < 1.29 is 0 Å². The summed E-state index contributed by atoms with van der Waals surface area (Å²) in [6, 6.07) is 11.3. The van der Waals surface area contributed by atoms with Gasteiger partial charge >= 0.3 is 0 Å². The minimum absolute atomic E-state index is 0.570. The molecule has 0 N–H and O–H groups in total. The summed E-state index contributed by atoms with van der Waals surface area (Å²) in [5, 5.41) is 0. The van der Waals surface area contributed by atoms with Crippen LogP contribution in [0.3, 0.4) is 0 Å². The topological polar surface area (TPSA) is 3.24 Å². The van der Waals surface area contributed by atoms with Gasteiger partial charge in [0.25, 0.3) is 0 Å². The first-order chi connectivity index (χ1) is 7.29. The second-order valence-electron chi connectivity index (χ2n) is 4.56. The van der Waals surface area contributed by atoms with Gasteiger partial charge in [0.15, 0.2) is 0 Å². The van der Waals surface area contributed by atoms with Gasteiger partial charge in [-0.15, -0.1) is 6.58 Å². The zero-order chi connectivity index (χ0) is 10.7. The van der Waals surface area contributed by atoms with E-state index in [9.17, 15) is 0 Å². The Morgan fingerprint density at radius 1 is 1.40 bits per heavy atom. The Bertz CT molecular complexity index is 317. The van der Waals surface area contributed by atoms with Crippen LogP contribution in [0.25, 0.3) is 0 Å². The molecule has 80 valence electrons. The standard InChI is InChI=1S/C14H19N/c1-3-14-9-12(2)10-15(14)11-13-7-5-4-6-8-13/h3-8,12,14H,1,9-11H2,2H3/t12-,14+/m1/s1. The molecule has 0 amide bonds. The molecule has 1 heteroatoms. The Morgan fingerprint density at radius 2 is 2.13 bits per heavy atom. The summed E-state index contributed by atoms with van der Waals surface area (Å²) >= 11 is 0. The van der Waals surface area contributed by atoms with Crippen molar-refractivity contribution in [2.75, 3.05) is 6.54 Å². The van der Waals surface area contributed by atoms with Crippen LogP contribution >= 0.6 is 0 Å². The fourth-order valence-corrected chi connectivity index (χ4v) is 2.42. The largest absolute Gasteiger partial charge is 0.292 e. The van der Waals surface area contributed by atoms with E-state index in [0.717, 1.165) is 12.5 Å². The van der Waals surface area contributed by atoms with Crippen molar-refractivity contribution in [1.82, 2.24) is 4.90 Å². The molecule has 0 unspecified atom stereocenters. The summed E-state index contributed by atoms with van der Waals surface area (Å²) in [6.45, 7) is 8.51. The minimum atomic E-state index is 0.570. The van der Waals surface area contributed by atoms with E-state index in [2.05, 4.69) is 54.8 Å². The molecule has 1 nitrogen and oxygen atoms in total. The van der Waals surface area contributed by atoms with Crippen LogP contribution in [0.1, 0.15) is 18.9 Å². The first-order valence-corrected chi connectivity index (χ1v) is 5.70. The van der Waals surface area contributed by atoms with Crippen LogP contribution < -0.4 is 0 Å². The lowest BCUT2D eigenvalue weighted by molar-refractivity contribution is 0.276. The van der Waals surface area contributed by atoms with E-state index < -0.39 is 0 Å². The Balaban J connectivity index is 2.02. The highest BCUT2D eigenvalue weighted by molar-refractivity contribution is 5.15. The first-order valence-electron chi connectivity index (χ1n) is 5.70. The number of hydrogen-bond donors (Lipinski definition) is 0. The van der Waals surface area contributed by atoms with Crippen molar-refractivity contribution in [2.45, 2.75) is 25.9 Å². The molecule has 1 aliphatic heterocycles. The Kier molecular flexibility index (Phi) is 3.22. The van der Waals surface area contributed by atoms with E-state index in [1.165, 1.54) is 18.5 Å². The summed E-state index contributed by atoms with van der Waals surface area (Å²) < 4.78 is 0. The molecule has 1 aromatic carbocycles. The van der Waals surface area contributed by atoms with Crippen molar-refractivity contribution >= 4 is 0 Å². The summed E-state index contributed by atoms with van der Waals surface area (Å²) in [4.78, 5) is 2.52. The highest BCUT2D eigenvalue weighted by atomic mass is 15.2. The Labute approximate surface area is 92.4 Å². The molecule has 15 heavy (non-hydrogen) atoms. The maximum absolute atomic E-state index is 3.93. The number of benzene rings is 1. The van der Waals surface area contributed by atoms with Gasteiger partial charge in [-0.3, -0.25) is 4.90 Å². The van der Waals surface area contributed by atoms with Crippen molar-refractivity contribution in [2.24, 2.45) is 5.92 Å². The van der Waals surface area contributed by atoms with Gasteiger partial charge in [-0.2, -0.15) is 0 Å². The smallest absolute Gasteiger partial charge is 0.0282 e. The molecule has 0 spiro atoms. The van der Waals surface area contributed by atoms with Crippen LogP contribution in [0.15, 0.2) is 43.0 Å². The van der Waals surface area contributed by atoms with Crippen molar-refractivity contribution in [3.8, 4) is 0 Å². The van der Waals surface area contributed by atoms with Gasteiger partial charge in [0, 0.05) is 19.1 Å². The number of nitrogens with zero attached hydrogens (tertiary/aromatic N) is 1. The molecule has 0 aliphatic carbocycles. The van der Waals surface area contributed by atoms with E-state index in [1.807, 2.05) is 0 Å². The molecule has 0 radical (unpaired) electrons. The van der Waals surface area contributed by atoms with Crippen LogP contribution in [0.2, 0.25) is 0 Å². The van der Waals surface area contributed by atoms with E-state index in [1.54, 1.807) is 0 Å². The second kappa shape index (κ2) is 4.63. The van der Waals surface area contributed by atoms with Gasteiger partial charge in [-0.1, -0.05) is 43.3 Å². The van der Waals surface area contributed by atoms with E-state index in [4.69, 9.17) is 0 Å². The summed E-state index contributed by atoms with van der Waals surface area (Å²) in [5.74, 6) is 0.803. The van der Waals surface area contributed by atoms with E-state index >= 15 is 0 Å².